The van der Waals surface area contributed by atoms with Crippen LogP contribution in [0.15, 0.2) is 12.8 Å². The fraction of sp³-hybridized carbons (Fsp3) is 0.200. The van der Waals surface area contributed by atoms with Gasteiger partial charge >= 0.3 is 12.1 Å². The molecule has 0 aromatic heterocycles. The van der Waals surface area contributed by atoms with Crippen LogP contribution in [0.4, 0.5) is 4.79 Å². The summed E-state index contributed by atoms with van der Waals surface area (Å²) in [5.41, 5.74) is 4.57. The van der Waals surface area contributed by atoms with Crippen LogP contribution in [0, 0.1) is 0 Å². The van der Waals surface area contributed by atoms with E-state index in [9.17, 15) is 9.59 Å². The zero-order valence-electron chi connectivity index (χ0n) is 5.78. The van der Waals surface area contributed by atoms with Gasteiger partial charge in [0.15, 0.2) is 0 Å². The van der Waals surface area contributed by atoms with Crippen LogP contribution < -0.4 is 11.1 Å². The molecule has 11 heavy (non-hydrogen) atoms. The number of carbonyl (C=O) groups is 2. The Hall–Kier alpha value is -1.56. The molecule has 0 aliphatic carbocycles. The molecule has 6 heteroatoms. The van der Waals surface area contributed by atoms with Gasteiger partial charge in [0, 0.05) is 0 Å². The summed E-state index contributed by atoms with van der Waals surface area (Å²) in [5, 5.41) is 17.2. The number of hydrogen-bond acceptors (Lipinski definition) is 3. The number of carboxylic acid groups (broad SMARTS) is 2. The van der Waals surface area contributed by atoms with Gasteiger partial charge in [0.2, 0.25) is 0 Å². The maximum atomic E-state index is 9.42. The van der Waals surface area contributed by atoms with Crippen molar-refractivity contribution in [3.63, 3.8) is 0 Å². The molecule has 0 bridgehead atoms. The maximum absolute atomic E-state index is 9.42. The number of rotatable bonds is 2. The van der Waals surface area contributed by atoms with Crippen LogP contribution in [0.3, 0.4) is 0 Å². The minimum Gasteiger partial charge on any atom is -0.480 e. The normalized spacial score (nSPS) is 7.00. The molecule has 0 atom stereocenters. The van der Waals surface area contributed by atoms with Crippen molar-refractivity contribution in [2.45, 2.75) is 0 Å². The summed E-state index contributed by atoms with van der Waals surface area (Å²) in [6.07, 6.45) is 0.0208. The Labute approximate surface area is 63.3 Å². The molecule has 6 nitrogen and oxygen atoms in total. The second-order valence-corrected chi connectivity index (χ2v) is 1.25. The summed E-state index contributed by atoms with van der Waals surface area (Å²) >= 11 is 0. The third-order valence-electron chi connectivity index (χ3n) is 0.400. The van der Waals surface area contributed by atoms with E-state index in [1.54, 1.807) is 0 Å². The average molecular weight is 162 g/mol. The molecule has 0 aliphatic heterocycles. The zero-order valence-corrected chi connectivity index (χ0v) is 5.78. The van der Waals surface area contributed by atoms with Gasteiger partial charge in [-0.15, -0.1) is 0 Å². The van der Waals surface area contributed by atoms with Crippen molar-refractivity contribution in [2.75, 3.05) is 6.54 Å². The number of hydrogen-bond donors (Lipinski definition) is 4. The molecule has 0 saturated carbocycles. The van der Waals surface area contributed by atoms with Gasteiger partial charge in [-0.25, -0.2) is 4.79 Å². The first-order valence-corrected chi connectivity index (χ1v) is 2.56. The molecule has 64 valence electrons. The van der Waals surface area contributed by atoms with Gasteiger partial charge in [0.1, 0.15) is 0 Å². The number of nitrogens with one attached hydrogen (secondary N) is 1. The lowest BCUT2D eigenvalue weighted by Gasteiger charge is -1.81. The number of nitrogens with two attached hydrogens (primary N) is 1. The van der Waals surface area contributed by atoms with Gasteiger partial charge in [0.05, 0.1) is 6.54 Å². The highest BCUT2D eigenvalue weighted by atomic mass is 16.4. The summed E-state index contributed by atoms with van der Waals surface area (Å²) in [5.74, 6) is -0.968. The molecule has 0 fully saturated rings. The highest BCUT2D eigenvalue weighted by Crippen LogP contribution is 1.54. The van der Waals surface area contributed by atoms with E-state index in [-0.39, 0.29) is 6.54 Å². The highest BCUT2D eigenvalue weighted by Gasteiger charge is 1.81. The lowest BCUT2D eigenvalue weighted by Crippen LogP contribution is -2.11. The summed E-state index contributed by atoms with van der Waals surface area (Å²) in [6.45, 7) is 2.83. The minimum atomic E-state index is -1.08. The van der Waals surface area contributed by atoms with Crippen LogP contribution >= 0.6 is 0 Å². The van der Waals surface area contributed by atoms with Crippen LogP contribution in [0.5, 0.6) is 0 Å². The Morgan fingerprint density at radius 1 is 1.55 bits per heavy atom. The first-order chi connectivity index (χ1) is 5.04. The molecule has 0 aliphatic rings. The number of aliphatic carboxylic acids is 1. The summed E-state index contributed by atoms with van der Waals surface area (Å²) < 4.78 is 0. The Kier molecular flexibility index (Phi) is 9.32. The fourth-order valence-electron chi connectivity index (χ4n) is 0.0873. The maximum Gasteiger partial charge on any atom is 0.408 e. The van der Waals surface area contributed by atoms with Crippen molar-refractivity contribution in [3.8, 4) is 0 Å². The second kappa shape index (κ2) is 8.44. The minimum absolute atomic E-state index is 0.278. The predicted molar refractivity (Wildman–Crippen MR) is 38.0 cm³/mol. The number of amides is 1. The van der Waals surface area contributed by atoms with Gasteiger partial charge in [-0.3, -0.25) is 10.1 Å². The van der Waals surface area contributed by atoms with E-state index in [0.717, 1.165) is 6.20 Å². The lowest BCUT2D eigenvalue weighted by atomic mass is 10.7. The van der Waals surface area contributed by atoms with Crippen LogP contribution in [-0.4, -0.2) is 28.8 Å². The largest absolute Gasteiger partial charge is 0.480 e. The van der Waals surface area contributed by atoms with Crippen molar-refractivity contribution in [2.24, 2.45) is 5.73 Å². The quantitative estimate of drug-likeness (QED) is 0.434. The fourth-order valence-corrected chi connectivity index (χ4v) is 0.0873. The smallest absolute Gasteiger partial charge is 0.408 e. The zero-order chi connectivity index (χ0) is 9.28. The van der Waals surface area contributed by atoms with E-state index in [1.165, 1.54) is 0 Å². The molecule has 0 heterocycles. The van der Waals surface area contributed by atoms with E-state index < -0.39 is 12.1 Å². The standard InChI is InChI=1S/C3H5NO2.C2H5NO2/c1-2-4-3(5)6;3-1-2(4)5/h2,4H,1H2,(H,5,6);1,3H2,(H,4,5). The van der Waals surface area contributed by atoms with Gasteiger partial charge in [-0.2, -0.15) is 0 Å². The highest BCUT2D eigenvalue weighted by molar-refractivity contribution is 5.68. The van der Waals surface area contributed by atoms with Crippen molar-refractivity contribution in [3.05, 3.63) is 12.8 Å². The Morgan fingerprint density at radius 3 is 1.91 bits per heavy atom. The van der Waals surface area contributed by atoms with Crippen molar-refractivity contribution < 1.29 is 19.8 Å². The molecule has 5 N–H and O–H groups in total. The summed E-state index contributed by atoms with van der Waals surface area (Å²) in [6, 6.07) is 0. The lowest BCUT2D eigenvalue weighted by molar-refractivity contribution is -0.135. The molecule has 0 aromatic carbocycles. The van der Waals surface area contributed by atoms with Crippen LogP contribution in [0.2, 0.25) is 0 Å². The Bertz CT molecular complexity index is 145. The SMILES string of the molecule is C=CNC(=O)O.NCC(=O)O. The summed E-state index contributed by atoms with van der Waals surface area (Å²) in [7, 11) is 0. The van der Waals surface area contributed by atoms with Gasteiger partial charge in [-0.1, -0.05) is 6.58 Å². The monoisotopic (exact) mass is 162 g/mol. The third-order valence-corrected chi connectivity index (χ3v) is 0.400. The van der Waals surface area contributed by atoms with E-state index in [0.29, 0.717) is 0 Å². The molecule has 0 spiro atoms. The molecule has 0 unspecified atom stereocenters. The predicted octanol–water partition coefficient (Wildman–Crippen LogP) is -0.573. The van der Waals surface area contributed by atoms with Gasteiger partial charge < -0.3 is 15.9 Å². The van der Waals surface area contributed by atoms with E-state index in [4.69, 9.17) is 10.2 Å². The molecule has 1 amide bonds. The van der Waals surface area contributed by atoms with Crippen molar-refractivity contribution in [1.29, 1.82) is 0 Å². The molecule has 0 aromatic rings. The van der Waals surface area contributed by atoms with Crippen LogP contribution in [0.25, 0.3) is 0 Å². The van der Waals surface area contributed by atoms with E-state index in [2.05, 4.69) is 12.3 Å². The first-order valence-electron chi connectivity index (χ1n) is 2.56. The summed E-state index contributed by atoms with van der Waals surface area (Å²) in [4.78, 5) is 18.7. The molecular weight excluding hydrogens is 152 g/mol. The van der Waals surface area contributed by atoms with E-state index >= 15 is 0 Å². The van der Waals surface area contributed by atoms with Crippen molar-refractivity contribution in [1.82, 2.24) is 5.32 Å². The van der Waals surface area contributed by atoms with Crippen LogP contribution in [-0.2, 0) is 4.79 Å². The molecule has 0 saturated heterocycles. The van der Waals surface area contributed by atoms with Crippen molar-refractivity contribution >= 4 is 12.1 Å². The van der Waals surface area contributed by atoms with Gasteiger partial charge in [0.25, 0.3) is 0 Å². The first kappa shape index (κ1) is 12.1. The van der Waals surface area contributed by atoms with Crippen LogP contribution in [0.1, 0.15) is 0 Å². The second-order valence-electron chi connectivity index (χ2n) is 1.25. The van der Waals surface area contributed by atoms with E-state index in [1.807, 2.05) is 5.32 Å². The molecular formula is C5H10N2O4. The molecule has 0 rings (SSSR count). The third kappa shape index (κ3) is 29.6. The molecule has 0 radical (unpaired) electrons. The topological polar surface area (TPSA) is 113 Å². The average Bonchev–Trinajstić information content (AvgIpc) is 1.89. The Balaban J connectivity index is 0. The Morgan fingerprint density at radius 2 is 1.91 bits per heavy atom. The van der Waals surface area contributed by atoms with Gasteiger partial charge in [-0.05, 0) is 6.20 Å². The number of carboxylic acids is 1.